The van der Waals surface area contributed by atoms with E-state index in [0.717, 1.165) is 41.7 Å². The Kier molecular flexibility index (Phi) is 6.10. The van der Waals surface area contributed by atoms with Gasteiger partial charge in [-0.3, -0.25) is 4.18 Å². The van der Waals surface area contributed by atoms with E-state index in [-0.39, 0.29) is 6.10 Å². The van der Waals surface area contributed by atoms with Crippen LogP contribution in [0.3, 0.4) is 0 Å². The van der Waals surface area contributed by atoms with Gasteiger partial charge in [-0.1, -0.05) is 13.0 Å². The average molecular weight is 457 g/mol. The molecule has 3 atom stereocenters. The molecule has 0 radical (unpaired) electrons. The van der Waals surface area contributed by atoms with Gasteiger partial charge in [0.1, 0.15) is 11.9 Å². The van der Waals surface area contributed by atoms with Crippen LogP contribution in [0.5, 0.6) is 5.75 Å². The fraction of sp³-hybridized carbons (Fsp3) is 0.474. The number of hydrogen-bond donors (Lipinski definition) is 2. The minimum Gasteiger partial charge on any atom is -0.485 e. The van der Waals surface area contributed by atoms with Crippen LogP contribution in [0.2, 0.25) is 0 Å². The Labute approximate surface area is 177 Å². The maximum absolute atomic E-state index is 11.5. The van der Waals surface area contributed by atoms with E-state index in [4.69, 9.17) is 32.4 Å². The molecule has 30 heavy (non-hydrogen) atoms. The van der Waals surface area contributed by atoms with Crippen LogP contribution in [-0.4, -0.2) is 33.3 Å². The monoisotopic (exact) mass is 456 g/mol. The van der Waals surface area contributed by atoms with Crippen molar-refractivity contribution in [3.8, 4) is 5.75 Å². The first-order valence-electron chi connectivity index (χ1n) is 9.40. The maximum Gasteiger partial charge on any atom is 0.425 e. The molecular weight excluding hydrogens is 432 g/mol. The average Bonchev–Trinajstić information content (AvgIpc) is 2.60. The van der Waals surface area contributed by atoms with Crippen molar-refractivity contribution in [2.75, 3.05) is 5.73 Å². The van der Waals surface area contributed by atoms with E-state index in [1.165, 1.54) is 5.57 Å². The molecule has 9 nitrogen and oxygen atoms in total. The molecule has 0 saturated heterocycles. The van der Waals surface area contributed by atoms with Crippen molar-refractivity contribution >= 4 is 32.2 Å². The number of allylic oxidation sites excluding steroid dienone is 2. The fourth-order valence-electron chi connectivity index (χ4n) is 4.69. The van der Waals surface area contributed by atoms with Crippen molar-refractivity contribution < 1.29 is 30.0 Å². The lowest BCUT2D eigenvalue weighted by atomic mass is 9.61. The first kappa shape index (κ1) is 22.5. The molecule has 1 aliphatic heterocycles. The highest BCUT2D eigenvalue weighted by Crippen LogP contribution is 2.56. The molecule has 2 aliphatic carbocycles. The molecule has 0 amide bonds. The molecule has 0 fully saturated rings. The Hall–Kier alpha value is -2.21. The highest BCUT2D eigenvalue weighted by Gasteiger charge is 2.48. The third-order valence-corrected chi connectivity index (χ3v) is 6.40. The summed E-state index contributed by atoms with van der Waals surface area (Å²) < 4.78 is 59.9. The molecule has 0 bridgehead atoms. The van der Waals surface area contributed by atoms with Crippen LogP contribution in [-0.2, 0) is 25.1 Å². The number of hydrogen-bond acceptors (Lipinski definition) is 8. The van der Waals surface area contributed by atoms with Gasteiger partial charge in [-0.15, -0.1) is 12.6 Å². The van der Waals surface area contributed by atoms with Crippen molar-refractivity contribution in [3.63, 3.8) is 0 Å². The summed E-state index contributed by atoms with van der Waals surface area (Å²) in [4.78, 5) is 0. The van der Waals surface area contributed by atoms with E-state index >= 15 is 0 Å². The Morgan fingerprint density at radius 3 is 2.57 bits per heavy atom. The minimum atomic E-state index is -4.00. The molecule has 164 valence electrons. The van der Waals surface area contributed by atoms with Crippen LogP contribution in [0.1, 0.15) is 45.1 Å². The van der Waals surface area contributed by atoms with Gasteiger partial charge in [-0.2, -0.15) is 8.42 Å². The van der Waals surface area contributed by atoms with E-state index in [9.17, 15) is 8.42 Å². The second kappa shape index (κ2) is 8.14. The zero-order valence-corrected chi connectivity index (χ0v) is 18.3. The highest BCUT2D eigenvalue weighted by molar-refractivity contribution is 7.84. The van der Waals surface area contributed by atoms with E-state index in [2.05, 4.69) is 13.0 Å². The minimum absolute atomic E-state index is 0.126. The summed E-state index contributed by atoms with van der Waals surface area (Å²) in [6.45, 7) is 4.10. The lowest BCUT2D eigenvalue weighted by molar-refractivity contribution is 0.0682. The third kappa shape index (κ3) is 4.43. The Morgan fingerprint density at radius 1 is 1.27 bits per heavy atom. The number of rotatable bonds is 2. The van der Waals surface area contributed by atoms with Gasteiger partial charge >= 0.3 is 20.9 Å². The zero-order chi connectivity index (χ0) is 22.3. The van der Waals surface area contributed by atoms with Crippen molar-refractivity contribution in [2.45, 2.75) is 51.7 Å². The molecule has 4 rings (SSSR count). The van der Waals surface area contributed by atoms with Crippen LogP contribution in [0.15, 0.2) is 35.4 Å². The number of nitrogen functional groups attached to an aromatic ring is 1. The number of nitrogens with two attached hydrogens (primary N) is 2. The molecule has 4 N–H and O–H groups in total. The normalized spacial score (nSPS) is 27.4. The molecule has 0 aromatic heterocycles. The fourth-order valence-corrected chi connectivity index (χ4v) is 5.33. The van der Waals surface area contributed by atoms with Crippen LogP contribution in [0, 0.1) is 5.41 Å². The first-order chi connectivity index (χ1) is 13.9. The van der Waals surface area contributed by atoms with E-state index in [1.54, 1.807) is 0 Å². The van der Waals surface area contributed by atoms with Gasteiger partial charge in [0, 0.05) is 22.7 Å². The van der Waals surface area contributed by atoms with Crippen molar-refractivity contribution in [1.29, 1.82) is 0 Å². The standard InChI is InChI=1S/C19H24N2O4S.O3S/c1-11-18-14(13-7-6-12(20)10-16(13)24-11)8-9-19(2)15(18)4-3-5-17(19)25-26(21,22)23;1-4(2)3/h4,6-7,10-11,17H,3,5,8-9,20H2,1-2H3,(H2,21,22,23);/t11-,17+,19+;/m1./s1. The molecule has 11 heteroatoms. The summed E-state index contributed by atoms with van der Waals surface area (Å²) in [6.07, 6.45) is 4.65. The Morgan fingerprint density at radius 2 is 1.93 bits per heavy atom. The second-order valence-corrected chi connectivity index (χ2v) is 9.39. The van der Waals surface area contributed by atoms with E-state index in [1.807, 2.05) is 25.1 Å². The van der Waals surface area contributed by atoms with Gasteiger partial charge < -0.3 is 10.5 Å². The first-order valence-corrected chi connectivity index (χ1v) is 11.9. The van der Waals surface area contributed by atoms with Gasteiger partial charge in [0.15, 0.2) is 0 Å². The lowest BCUT2D eigenvalue weighted by Crippen LogP contribution is -2.45. The van der Waals surface area contributed by atoms with Crippen LogP contribution < -0.4 is 15.6 Å². The molecule has 0 spiro atoms. The summed E-state index contributed by atoms with van der Waals surface area (Å²) >= 11 is 0. The van der Waals surface area contributed by atoms with E-state index < -0.39 is 32.4 Å². The molecular formula is C19H24N2O7S2. The van der Waals surface area contributed by atoms with Crippen molar-refractivity contribution in [2.24, 2.45) is 10.6 Å². The molecule has 0 saturated carbocycles. The van der Waals surface area contributed by atoms with Gasteiger partial charge in [0.2, 0.25) is 0 Å². The van der Waals surface area contributed by atoms with Crippen LogP contribution in [0.4, 0.5) is 5.69 Å². The number of ether oxygens (including phenoxy) is 1. The predicted octanol–water partition coefficient (Wildman–Crippen LogP) is 1.91. The van der Waals surface area contributed by atoms with E-state index in [0.29, 0.717) is 12.1 Å². The van der Waals surface area contributed by atoms with Crippen LogP contribution >= 0.6 is 0 Å². The molecule has 3 aliphatic rings. The summed E-state index contributed by atoms with van der Waals surface area (Å²) in [6, 6.07) is 5.76. The van der Waals surface area contributed by atoms with Gasteiger partial charge in [0.25, 0.3) is 0 Å². The van der Waals surface area contributed by atoms with Crippen LogP contribution in [0.25, 0.3) is 5.57 Å². The number of benzene rings is 1. The van der Waals surface area contributed by atoms with Gasteiger partial charge in [-0.25, -0.2) is 5.14 Å². The number of anilines is 1. The lowest BCUT2D eigenvalue weighted by Gasteiger charge is -2.48. The highest BCUT2D eigenvalue weighted by atomic mass is 32.2. The molecule has 1 heterocycles. The summed E-state index contributed by atoms with van der Waals surface area (Å²) in [7, 11) is -7.11. The second-order valence-electron chi connectivity index (χ2n) is 7.80. The summed E-state index contributed by atoms with van der Waals surface area (Å²) in [5, 5.41) is 5.17. The quantitative estimate of drug-likeness (QED) is 0.639. The molecule has 0 unspecified atom stereocenters. The van der Waals surface area contributed by atoms with Gasteiger partial charge in [-0.05, 0) is 61.5 Å². The molecule has 1 aromatic rings. The Balaban J connectivity index is 0.000000589. The Bertz CT molecular complexity index is 1130. The van der Waals surface area contributed by atoms with Crippen molar-refractivity contribution in [1.82, 2.24) is 0 Å². The smallest absolute Gasteiger partial charge is 0.425 e. The number of fused-ring (bicyclic) bond motifs is 4. The summed E-state index contributed by atoms with van der Waals surface area (Å²) in [5.41, 5.74) is 10.8. The van der Waals surface area contributed by atoms with Gasteiger partial charge in [0.05, 0.1) is 6.10 Å². The molecule has 1 aromatic carbocycles. The summed E-state index contributed by atoms with van der Waals surface area (Å²) in [5.74, 6) is 0.814. The predicted molar refractivity (Wildman–Crippen MR) is 110 cm³/mol. The SMILES string of the molecule is C[C@H]1Oc2cc(N)ccc2C2=C1C1=CCC[C@H](OS(N)(=O)=O)[C@@]1(C)CC2.O=S(=O)=O. The van der Waals surface area contributed by atoms with Crippen molar-refractivity contribution in [3.05, 3.63) is 41.0 Å². The third-order valence-electron chi connectivity index (χ3n) is 5.90. The largest absolute Gasteiger partial charge is 0.485 e. The maximum atomic E-state index is 11.5. The zero-order valence-electron chi connectivity index (χ0n) is 16.6. The topological polar surface area (TPSA) is 156 Å².